The topological polar surface area (TPSA) is 55.8 Å². The van der Waals surface area contributed by atoms with Crippen LogP contribution in [0.15, 0.2) is 24.3 Å². The van der Waals surface area contributed by atoms with E-state index >= 15 is 0 Å². The number of piperazine rings is 1. The molecule has 23 heavy (non-hydrogen) atoms. The van der Waals surface area contributed by atoms with E-state index in [9.17, 15) is 14.3 Å². The molecule has 0 saturated carbocycles. The van der Waals surface area contributed by atoms with E-state index in [-0.39, 0.29) is 24.3 Å². The Morgan fingerprint density at radius 2 is 1.87 bits per heavy atom. The Kier molecular flexibility index (Phi) is 5.73. The van der Waals surface area contributed by atoms with E-state index in [2.05, 4.69) is 22.2 Å². The number of nitrogens with one attached hydrogen (secondary N) is 1. The molecule has 1 heterocycles. The largest absolute Gasteiger partial charge is 0.384 e. The van der Waals surface area contributed by atoms with Crippen LogP contribution < -0.4 is 5.32 Å². The number of hydrogen-bond donors (Lipinski definition) is 2. The van der Waals surface area contributed by atoms with Crippen LogP contribution in [-0.4, -0.2) is 66.6 Å². The lowest BCUT2D eigenvalue weighted by atomic mass is 9.96. The molecule has 2 rings (SSSR count). The average molecular weight is 323 g/mol. The molecular weight excluding hydrogens is 297 g/mol. The minimum absolute atomic E-state index is 0.0928. The highest BCUT2D eigenvalue weighted by molar-refractivity contribution is 5.81. The minimum atomic E-state index is -1.23. The number of nitrogens with zero attached hydrogens (tertiary/aromatic N) is 2. The third kappa shape index (κ3) is 4.73. The Bertz CT molecular complexity index is 525. The first-order chi connectivity index (χ1) is 10.8. The molecule has 0 aromatic heterocycles. The normalized spacial score (nSPS) is 20.7. The molecule has 2 N–H and O–H groups in total. The Morgan fingerprint density at radius 3 is 2.43 bits per heavy atom. The molecule has 6 heteroatoms. The van der Waals surface area contributed by atoms with Gasteiger partial charge in [0, 0.05) is 26.2 Å². The molecule has 1 saturated heterocycles. The van der Waals surface area contributed by atoms with E-state index in [4.69, 9.17) is 0 Å². The van der Waals surface area contributed by atoms with Crippen molar-refractivity contribution in [1.29, 1.82) is 0 Å². The van der Waals surface area contributed by atoms with Crippen molar-refractivity contribution in [1.82, 2.24) is 15.1 Å². The van der Waals surface area contributed by atoms with Crippen LogP contribution in [0.5, 0.6) is 0 Å². The van der Waals surface area contributed by atoms with Gasteiger partial charge in [0.25, 0.3) is 0 Å². The second-order valence-corrected chi connectivity index (χ2v) is 6.51. The molecule has 0 aliphatic carbocycles. The predicted octanol–water partition coefficient (Wildman–Crippen LogP) is 0.785. The summed E-state index contributed by atoms with van der Waals surface area (Å²) in [5.41, 5.74) is -0.656. The molecule has 1 fully saturated rings. The van der Waals surface area contributed by atoms with Gasteiger partial charge in [-0.1, -0.05) is 12.1 Å². The molecule has 1 amide bonds. The number of carbonyl (C=O) groups excluding carboxylic acids is 1. The Balaban J connectivity index is 1.88. The van der Waals surface area contributed by atoms with Gasteiger partial charge < -0.3 is 15.3 Å². The predicted molar refractivity (Wildman–Crippen MR) is 87.5 cm³/mol. The number of aliphatic hydroxyl groups is 1. The van der Waals surface area contributed by atoms with Gasteiger partial charge in [0.2, 0.25) is 5.91 Å². The summed E-state index contributed by atoms with van der Waals surface area (Å²) in [5, 5.41) is 13.3. The van der Waals surface area contributed by atoms with Gasteiger partial charge in [0.1, 0.15) is 11.4 Å². The summed E-state index contributed by atoms with van der Waals surface area (Å²) in [4.78, 5) is 16.7. The van der Waals surface area contributed by atoms with Gasteiger partial charge in [-0.15, -0.1) is 0 Å². The van der Waals surface area contributed by atoms with Gasteiger partial charge in [-0.3, -0.25) is 9.69 Å². The molecule has 128 valence electrons. The van der Waals surface area contributed by atoms with Gasteiger partial charge >= 0.3 is 0 Å². The number of amides is 1. The van der Waals surface area contributed by atoms with Crippen molar-refractivity contribution in [2.24, 2.45) is 0 Å². The van der Waals surface area contributed by atoms with Crippen molar-refractivity contribution < 1.29 is 14.3 Å². The molecule has 1 aliphatic heterocycles. The van der Waals surface area contributed by atoms with Crippen LogP contribution in [0, 0.1) is 5.82 Å². The van der Waals surface area contributed by atoms with E-state index in [1.54, 1.807) is 6.92 Å². The zero-order chi connectivity index (χ0) is 17.0. The van der Waals surface area contributed by atoms with E-state index < -0.39 is 5.60 Å². The molecule has 1 aliphatic rings. The number of hydrogen-bond acceptors (Lipinski definition) is 4. The second kappa shape index (κ2) is 7.38. The van der Waals surface area contributed by atoms with Crippen LogP contribution in [0.4, 0.5) is 4.39 Å². The number of benzene rings is 1. The van der Waals surface area contributed by atoms with Crippen LogP contribution >= 0.6 is 0 Å². The standard InChI is InChI=1S/C17H26FN3O2/c1-13(21-10-8-20(3)9-11-21)16(22)19-12-17(2,23)14-4-6-15(18)7-5-14/h4-7,13,23H,8-12H2,1-3H3,(H,19,22). The lowest BCUT2D eigenvalue weighted by molar-refractivity contribution is -0.127. The third-order valence-corrected chi connectivity index (χ3v) is 4.54. The Morgan fingerprint density at radius 1 is 1.30 bits per heavy atom. The fourth-order valence-corrected chi connectivity index (χ4v) is 2.69. The molecule has 0 bridgehead atoms. The summed E-state index contributed by atoms with van der Waals surface area (Å²) in [6.45, 7) is 7.21. The van der Waals surface area contributed by atoms with Crippen molar-refractivity contribution in [2.45, 2.75) is 25.5 Å². The zero-order valence-corrected chi connectivity index (χ0v) is 14.1. The Hall–Kier alpha value is -1.50. The number of rotatable bonds is 5. The third-order valence-electron chi connectivity index (χ3n) is 4.54. The summed E-state index contributed by atoms with van der Waals surface area (Å²) >= 11 is 0. The lowest BCUT2D eigenvalue weighted by Crippen LogP contribution is -2.54. The van der Waals surface area contributed by atoms with Crippen LogP contribution in [0.2, 0.25) is 0 Å². The number of carbonyl (C=O) groups is 1. The highest BCUT2D eigenvalue weighted by atomic mass is 19.1. The monoisotopic (exact) mass is 323 g/mol. The van der Waals surface area contributed by atoms with E-state index in [1.165, 1.54) is 24.3 Å². The number of halogens is 1. The van der Waals surface area contributed by atoms with Crippen molar-refractivity contribution in [3.63, 3.8) is 0 Å². The minimum Gasteiger partial charge on any atom is -0.384 e. The molecule has 1 aromatic carbocycles. The fraction of sp³-hybridized carbons (Fsp3) is 0.588. The fourth-order valence-electron chi connectivity index (χ4n) is 2.69. The van der Waals surface area contributed by atoms with Crippen LogP contribution in [0.3, 0.4) is 0 Å². The van der Waals surface area contributed by atoms with Crippen LogP contribution in [-0.2, 0) is 10.4 Å². The maximum absolute atomic E-state index is 13.0. The first-order valence-corrected chi connectivity index (χ1v) is 7.98. The Labute approximate surface area is 137 Å². The van der Waals surface area contributed by atoms with E-state index in [0.29, 0.717) is 5.56 Å². The molecule has 1 aromatic rings. The van der Waals surface area contributed by atoms with Gasteiger partial charge in [-0.25, -0.2) is 4.39 Å². The SMILES string of the molecule is CC(C(=O)NCC(C)(O)c1ccc(F)cc1)N1CCN(C)CC1. The lowest BCUT2D eigenvalue weighted by Gasteiger charge is -2.36. The van der Waals surface area contributed by atoms with E-state index in [0.717, 1.165) is 26.2 Å². The molecule has 2 atom stereocenters. The molecule has 2 unspecified atom stereocenters. The smallest absolute Gasteiger partial charge is 0.237 e. The summed E-state index contributed by atoms with van der Waals surface area (Å²) in [7, 11) is 2.07. The maximum Gasteiger partial charge on any atom is 0.237 e. The van der Waals surface area contributed by atoms with Crippen molar-refractivity contribution in [3.05, 3.63) is 35.6 Å². The maximum atomic E-state index is 13.0. The highest BCUT2D eigenvalue weighted by Gasteiger charge is 2.28. The molecule has 5 nitrogen and oxygen atoms in total. The quantitative estimate of drug-likeness (QED) is 0.841. The number of likely N-dealkylation sites (N-methyl/N-ethyl adjacent to an activating group) is 1. The van der Waals surface area contributed by atoms with Crippen molar-refractivity contribution in [3.8, 4) is 0 Å². The first kappa shape index (κ1) is 17.8. The molecular formula is C17H26FN3O2. The van der Waals surface area contributed by atoms with Crippen LogP contribution in [0.25, 0.3) is 0 Å². The molecule has 0 spiro atoms. The van der Waals surface area contributed by atoms with Gasteiger partial charge in [0.15, 0.2) is 0 Å². The molecule has 0 radical (unpaired) electrons. The first-order valence-electron chi connectivity index (χ1n) is 7.98. The highest BCUT2D eigenvalue weighted by Crippen LogP contribution is 2.20. The van der Waals surface area contributed by atoms with Gasteiger partial charge in [-0.2, -0.15) is 0 Å². The average Bonchev–Trinajstić information content (AvgIpc) is 2.53. The van der Waals surface area contributed by atoms with Crippen molar-refractivity contribution >= 4 is 5.91 Å². The van der Waals surface area contributed by atoms with E-state index in [1.807, 2.05) is 6.92 Å². The summed E-state index contributed by atoms with van der Waals surface area (Å²) in [5.74, 6) is -0.450. The summed E-state index contributed by atoms with van der Waals surface area (Å²) in [6.07, 6.45) is 0. The van der Waals surface area contributed by atoms with Gasteiger partial charge in [-0.05, 0) is 38.6 Å². The summed E-state index contributed by atoms with van der Waals surface area (Å²) < 4.78 is 13.0. The van der Waals surface area contributed by atoms with Gasteiger partial charge in [0.05, 0.1) is 12.6 Å². The summed E-state index contributed by atoms with van der Waals surface area (Å²) in [6, 6.07) is 5.45. The zero-order valence-electron chi connectivity index (χ0n) is 14.1. The van der Waals surface area contributed by atoms with Crippen LogP contribution in [0.1, 0.15) is 19.4 Å². The van der Waals surface area contributed by atoms with Crippen molar-refractivity contribution in [2.75, 3.05) is 39.8 Å². The second-order valence-electron chi connectivity index (χ2n) is 6.51.